The minimum Gasteiger partial charge on any atom is -0.369 e. The minimum absolute atomic E-state index is 0.00852. The Balaban J connectivity index is 2.15. The Morgan fingerprint density at radius 3 is 2.75 bits per heavy atom. The molecule has 1 aromatic rings. The third-order valence-electron chi connectivity index (χ3n) is 3.33. The molecule has 1 aromatic carbocycles. The quantitative estimate of drug-likeness (QED) is 0.800. The van der Waals surface area contributed by atoms with Crippen LogP contribution in [0, 0.1) is 0 Å². The highest BCUT2D eigenvalue weighted by Crippen LogP contribution is 2.35. The van der Waals surface area contributed by atoms with E-state index < -0.39 is 0 Å². The van der Waals surface area contributed by atoms with Crippen LogP contribution in [0.1, 0.15) is 36.8 Å². The van der Waals surface area contributed by atoms with Gasteiger partial charge < -0.3 is 11.5 Å². The Morgan fingerprint density at radius 1 is 1.50 bits per heavy atom. The van der Waals surface area contributed by atoms with Crippen LogP contribution in [0.5, 0.6) is 0 Å². The third kappa shape index (κ3) is 2.42. The van der Waals surface area contributed by atoms with Crippen molar-refractivity contribution in [1.29, 1.82) is 0 Å². The van der Waals surface area contributed by atoms with Gasteiger partial charge in [-0.3, -0.25) is 4.79 Å². The smallest absolute Gasteiger partial charge is 0.224 e. The lowest BCUT2D eigenvalue weighted by molar-refractivity contribution is -0.119. The normalized spacial score (nSPS) is 19.1. The number of hydrogen-bond acceptors (Lipinski definition) is 2. The molecule has 1 atom stereocenters. The first kappa shape index (κ1) is 11.1. The van der Waals surface area contributed by atoms with Crippen LogP contribution in [0.25, 0.3) is 0 Å². The molecule has 1 fully saturated rings. The van der Waals surface area contributed by atoms with Crippen molar-refractivity contribution in [3.8, 4) is 0 Å². The Bertz CT molecular complexity index is 410. The number of benzene rings is 1. The van der Waals surface area contributed by atoms with Crippen molar-refractivity contribution in [2.24, 2.45) is 11.5 Å². The van der Waals surface area contributed by atoms with Gasteiger partial charge in [-0.1, -0.05) is 24.3 Å². The van der Waals surface area contributed by atoms with Gasteiger partial charge in [0.15, 0.2) is 0 Å². The van der Waals surface area contributed by atoms with Crippen LogP contribution < -0.4 is 11.5 Å². The highest BCUT2D eigenvalue weighted by molar-refractivity contribution is 5.81. The van der Waals surface area contributed by atoms with E-state index in [2.05, 4.69) is 6.07 Å². The van der Waals surface area contributed by atoms with E-state index >= 15 is 0 Å². The molecule has 0 bridgehead atoms. The van der Waals surface area contributed by atoms with Crippen molar-refractivity contribution in [2.75, 3.05) is 0 Å². The third-order valence-corrected chi connectivity index (χ3v) is 3.33. The van der Waals surface area contributed by atoms with Crippen LogP contribution in [-0.4, -0.2) is 11.4 Å². The summed E-state index contributed by atoms with van der Waals surface area (Å²) >= 11 is 0. The van der Waals surface area contributed by atoms with Crippen molar-refractivity contribution in [2.45, 2.75) is 37.6 Å². The molecule has 1 aliphatic carbocycles. The maximum Gasteiger partial charge on any atom is 0.224 e. The van der Waals surface area contributed by atoms with Gasteiger partial charge in [0.1, 0.15) is 0 Å². The van der Waals surface area contributed by atoms with Gasteiger partial charge in [-0.25, -0.2) is 0 Å². The van der Waals surface area contributed by atoms with E-state index in [1.165, 1.54) is 5.56 Å². The molecule has 86 valence electrons. The summed E-state index contributed by atoms with van der Waals surface area (Å²) in [4.78, 5) is 11.1. The fourth-order valence-electron chi connectivity index (χ4n) is 1.88. The highest BCUT2D eigenvalue weighted by Gasteiger charge is 2.37. The molecule has 1 unspecified atom stereocenters. The SMILES string of the molecule is CC(C(N)=O)c1cccc(CC2(N)CC2)c1. The Labute approximate surface area is 95.8 Å². The van der Waals surface area contributed by atoms with Gasteiger partial charge in [0.05, 0.1) is 5.92 Å². The summed E-state index contributed by atoms with van der Waals surface area (Å²) in [7, 11) is 0. The highest BCUT2D eigenvalue weighted by atomic mass is 16.1. The average Bonchev–Trinajstić information content (AvgIpc) is 2.95. The Morgan fingerprint density at radius 2 is 2.19 bits per heavy atom. The van der Waals surface area contributed by atoms with Crippen molar-refractivity contribution < 1.29 is 4.79 Å². The molecule has 1 saturated carbocycles. The molecule has 0 heterocycles. The number of amides is 1. The first-order valence-corrected chi connectivity index (χ1v) is 5.67. The lowest BCUT2D eigenvalue weighted by atomic mass is 9.96. The molecule has 1 amide bonds. The van der Waals surface area contributed by atoms with E-state index in [0.717, 1.165) is 24.8 Å². The summed E-state index contributed by atoms with van der Waals surface area (Å²) in [5, 5.41) is 0. The Hall–Kier alpha value is -1.35. The molecule has 3 heteroatoms. The number of nitrogens with two attached hydrogens (primary N) is 2. The zero-order chi connectivity index (χ0) is 11.8. The predicted molar refractivity (Wildman–Crippen MR) is 63.9 cm³/mol. The average molecular weight is 218 g/mol. The Kier molecular flexibility index (Phi) is 2.72. The lowest BCUT2D eigenvalue weighted by Crippen LogP contribution is -2.24. The first-order chi connectivity index (χ1) is 7.50. The molecule has 3 nitrogen and oxygen atoms in total. The monoisotopic (exact) mass is 218 g/mol. The molecule has 0 radical (unpaired) electrons. The van der Waals surface area contributed by atoms with Crippen LogP contribution in [0.4, 0.5) is 0 Å². The van der Waals surface area contributed by atoms with Crippen molar-refractivity contribution >= 4 is 5.91 Å². The molecular weight excluding hydrogens is 200 g/mol. The van der Waals surface area contributed by atoms with Gasteiger partial charge in [0.25, 0.3) is 0 Å². The van der Waals surface area contributed by atoms with Crippen molar-refractivity contribution in [3.63, 3.8) is 0 Å². The number of hydrogen-bond donors (Lipinski definition) is 2. The second-order valence-electron chi connectivity index (χ2n) is 4.91. The van der Waals surface area contributed by atoms with Crippen LogP contribution in [0.15, 0.2) is 24.3 Å². The maximum atomic E-state index is 11.1. The zero-order valence-corrected chi connectivity index (χ0v) is 9.57. The number of rotatable bonds is 4. The zero-order valence-electron chi connectivity index (χ0n) is 9.57. The van der Waals surface area contributed by atoms with Gasteiger partial charge in [-0.2, -0.15) is 0 Å². The molecule has 1 aliphatic rings. The molecule has 0 saturated heterocycles. The van der Waals surface area contributed by atoms with Crippen LogP contribution in [-0.2, 0) is 11.2 Å². The fraction of sp³-hybridized carbons (Fsp3) is 0.462. The van der Waals surface area contributed by atoms with Crippen LogP contribution in [0.3, 0.4) is 0 Å². The van der Waals surface area contributed by atoms with E-state index in [1.54, 1.807) is 0 Å². The second-order valence-corrected chi connectivity index (χ2v) is 4.91. The van der Waals surface area contributed by atoms with Crippen LogP contribution >= 0.6 is 0 Å². The van der Waals surface area contributed by atoms with E-state index in [9.17, 15) is 4.79 Å². The predicted octanol–water partition coefficient (Wildman–Crippen LogP) is 1.31. The largest absolute Gasteiger partial charge is 0.369 e. The topological polar surface area (TPSA) is 69.1 Å². The van der Waals surface area contributed by atoms with E-state index in [0.29, 0.717) is 0 Å². The molecule has 2 rings (SSSR count). The maximum absolute atomic E-state index is 11.1. The van der Waals surface area contributed by atoms with E-state index in [4.69, 9.17) is 11.5 Å². The summed E-state index contributed by atoms with van der Waals surface area (Å²) in [6.07, 6.45) is 3.09. The minimum atomic E-state index is -0.286. The summed E-state index contributed by atoms with van der Waals surface area (Å²) in [6, 6.07) is 8.01. The summed E-state index contributed by atoms with van der Waals surface area (Å²) in [5.74, 6) is -0.515. The fourth-order valence-corrected chi connectivity index (χ4v) is 1.88. The van der Waals surface area contributed by atoms with Gasteiger partial charge in [0, 0.05) is 5.54 Å². The van der Waals surface area contributed by atoms with Gasteiger partial charge in [0.2, 0.25) is 5.91 Å². The number of primary amides is 1. The number of carbonyl (C=O) groups excluding carboxylic acids is 1. The standard InChI is InChI=1S/C13H18N2O/c1-9(12(14)16)11-4-2-3-10(7-11)8-13(15)5-6-13/h2-4,7,9H,5-6,8,15H2,1H3,(H2,14,16). The molecule has 4 N–H and O–H groups in total. The first-order valence-electron chi connectivity index (χ1n) is 5.67. The summed E-state index contributed by atoms with van der Waals surface area (Å²) in [5.41, 5.74) is 13.6. The van der Waals surface area contributed by atoms with Crippen molar-refractivity contribution in [3.05, 3.63) is 35.4 Å². The molecule has 0 aliphatic heterocycles. The summed E-state index contributed by atoms with van der Waals surface area (Å²) in [6.45, 7) is 1.83. The van der Waals surface area contributed by atoms with Gasteiger partial charge in [-0.05, 0) is 37.3 Å². The summed E-state index contributed by atoms with van der Waals surface area (Å²) < 4.78 is 0. The lowest BCUT2D eigenvalue weighted by Gasteiger charge is -2.12. The molecule has 0 spiro atoms. The second kappa shape index (κ2) is 3.91. The number of carbonyl (C=O) groups is 1. The van der Waals surface area contributed by atoms with Crippen molar-refractivity contribution in [1.82, 2.24) is 0 Å². The van der Waals surface area contributed by atoms with E-state index in [1.807, 2.05) is 25.1 Å². The molecular formula is C13H18N2O. The van der Waals surface area contributed by atoms with Crippen LogP contribution in [0.2, 0.25) is 0 Å². The van der Waals surface area contributed by atoms with E-state index in [-0.39, 0.29) is 17.4 Å². The molecule has 16 heavy (non-hydrogen) atoms. The van der Waals surface area contributed by atoms with Gasteiger partial charge in [-0.15, -0.1) is 0 Å². The molecule has 0 aromatic heterocycles. The van der Waals surface area contributed by atoms with Gasteiger partial charge >= 0.3 is 0 Å².